The Bertz CT molecular complexity index is 865. The van der Waals surface area contributed by atoms with Gasteiger partial charge in [-0.15, -0.1) is 0 Å². The lowest BCUT2D eigenvalue weighted by molar-refractivity contribution is 0.0686. The third kappa shape index (κ3) is 3.12. The van der Waals surface area contributed by atoms with E-state index in [1.165, 1.54) is 36.7 Å². The van der Waals surface area contributed by atoms with E-state index in [9.17, 15) is 9.59 Å². The van der Waals surface area contributed by atoms with Gasteiger partial charge in [0.2, 0.25) is 0 Å². The zero-order chi connectivity index (χ0) is 17.1. The number of aromatic carboxylic acids is 2. The molecule has 118 valence electrons. The summed E-state index contributed by atoms with van der Waals surface area (Å²) in [6.07, 6.45) is 2.88. The SMILES string of the molecule is O=C(O)c1ccnc(-c2cccc(-c3cc(C(=O)O)ccn3)c2)c1. The van der Waals surface area contributed by atoms with Crippen molar-refractivity contribution < 1.29 is 19.8 Å². The van der Waals surface area contributed by atoms with Crippen LogP contribution in [0.5, 0.6) is 0 Å². The highest BCUT2D eigenvalue weighted by molar-refractivity contribution is 5.90. The Labute approximate surface area is 137 Å². The molecule has 6 heteroatoms. The molecule has 0 unspecified atom stereocenters. The second-order valence-corrected chi connectivity index (χ2v) is 5.05. The van der Waals surface area contributed by atoms with E-state index >= 15 is 0 Å². The fourth-order valence-corrected chi connectivity index (χ4v) is 2.28. The number of hydrogen-bond acceptors (Lipinski definition) is 4. The van der Waals surface area contributed by atoms with Crippen LogP contribution in [-0.2, 0) is 0 Å². The molecule has 0 radical (unpaired) electrons. The summed E-state index contributed by atoms with van der Waals surface area (Å²) in [4.78, 5) is 30.6. The van der Waals surface area contributed by atoms with Crippen molar-refractivity contribution in [1.29, 1.82) is 0 Å². The molecule has 0 bridgehead atoms. The highest BCUT2D eigenvalue weighted by Crippen LogP contribution is 2.25. The largest absolute Gasteiger partial charge is 0.478 e. The first-order valence-corrected chi connectivity index (χ1v) is 7.04. The van der Waals surface area contributed by atoms with Crippen molar-refractivity contribution in [2.75, 3.05) is 0 Å². The van der Waals surface area contributed by atoms with E-state index in [0.29, 0.717) is 11.4 Å². The second-order valence-electron chi connectivity index (χ2n) is 5.05. The van der Waals surface area contributed by atoms with Crippen molar-refractivity contribution >= 4 is 11.9 Å². The van der Waals surface area contributed by atoms with Crippen LogP contribution in [0.25, 0.3) is 22.5 Å². The van der Waals surface area contributed by atoms with Crippen molar-refractivity contribution in [3.8, 4) is 22.5 Å². The average molecular weight is 320 g/mol. The lowest BCUT2D eigenvalue weighted by Gasteiger charge is -2.06. The molecular weight excluding hydrogens is 308 g/mol. The fraction of sp³-hybridized carbons (Fsp3) is 0. The van der Waals surface area contributed by atoms with Gasteiger partial charge in [-0.1, -0.05) is 18.2 Å². The first-order chi connectivity index (χ1) is 11.5. The van der Waals surface area contributed by atoms with Gasteiger partial charge in [-0.05, 0) is 30.3 Å². The van der Waals surface area contributed by atoms with E-state index in [0.717, 1.165) is 11.1 Å². The molecule has 0 spiro atoms. The van der Waals surface area contributed by atoms with Gasteiger partial charge in [0, 0.05) is 23.5 Å². The predicted octanol–water partition coefficient (Wildman–Crippen LogP) is 3.21. The Morgan fingerprint density at radius 1 is 0.708 bits per heavy atom. The van der Waals surface area contributed by atoms with Gasteiger partial charge in [0.05, 0.1) is 22.5 Å². The second kappa shape index (κ2) is 6.29. The standard InChI is InChI=1S/C18H12N2O4/c21-17(22)13-4-6-19-15(9-13)11-2-1-3-12(8-11)16-10-14(18(23)24)5-7-20-16/h1-10H,(H,21,22)(H,23,24). The minimum atomic E-state index is -1.02. The summed E-state index contributed by atoms with van der Waals surface area (Å²) in [5.74, 6) is -2.05. The number of pyridine rings is 2. The average Bonchev–Trinajstić information content (AvgIpc) is 2.62. The van der Waals surface area contributed by atoms with Gasteiger partial charge >= 0.3 is 11.9 Å². The van der Waals surface area contributed by atoms with Crippen LogP contribution >= 0.6 is 0 Å². The summed E-state index contributed by atoms with van der Waals surface area (Å²) in [6, 6.07) is 13.0. The van der Waals surface area contributed by atoms with Crippen molar-refractivity contribution in [2.24, 2.45) is 0 Å². The van der Waals surface area contributed by atoms with E-state index in [1.54, 1.807) is 24.3 Å². The number of carboxylic acid groups (broad SMARTS) is 2. The van der Waals surface area contributed by atoms with Gasteiger partial charge in [0.15, 0.2) is 0 Å². The Morgan fingerprint density at radius 2 is 1.17 bits per heavy atom. The molecule has 0 aliphatic rings. The molecular formula is C18H12N2O4. The van der Waals surface area contributed by atoms with Crippen LogP contribution in [0.3, 0.4) is 0 Å². The van der Waals surface area contributed by atoms with Crippen molar-refractivity contribution in [3.05, 3.63) is 72.1 Å². The van der Waals surface area contributed by atoms with Gasteiger partial charge < -0.3 is 10.2 Å². The lowest BCUT2D eigenvalue weighted by atomic mass is 10.0. The van der Waals surface area contributed by atoms with Crippen molar-refractivity contribution in [3.63, 3.8) is 0 Å². The minimum Gasteiger partial charge on any atom is -0.478 e. The molecule has 2 N–H and O–H groups in total. The molecule has 0 atom stereocenters. The molecule has 0 fully saturated rings. The maximum atomic E-state index is 11.1. The highest BCUT2D eigenvalue weighted by Gasteiger charge is 2.09. The van der Waals surface area contributed by atoms with Crippen molar-refractivity contribution in [2.45, 2.75) is 0 Å². The van der Waals surface area contributed by atoms with Gasteiger partial charge in [0.1, 0.15) is 0 Å². The maximum absolute atomic E-state index is 11.1. The summed E-state index contributed by atoms with van der Waals surface area (Å²) in [5, 5.41) is 18.2. The predicted molar refractivity (Wildman–Crippen MR) is 86.8 cm³/mol. The summed E-state index contributed by atoms with van der Waals surface area (Å²) < 4.78 is 0. The number of carbonyl (C=O) groups is 2. The molecule has 2 aromatic heterocycles. The Kier molecular flexibility index (Phi) is 4.03. The zero-order valence-corrected chi connectivity index (χ0v) is 12.4. The molecule has 1 aromatic carbocycles. The van der Waals surface area contributed by atoms with Crippen LogP contribution in [-0.4, -0.2) is 32.1 Å². The Balaban J connectivity index is 2.04. The van der Waals surface area contributed by atoms with Crippen molar-refractivity contribution in [1.82, 2.24) is 9.97 Å². The monoisotopic (exact) mass is 320 g/mol. The van der Waals surface area contributed by atoms with E-state index in [-0.39, 0.29) is 11.1 Å². The van der Waals surface area contributed by atoms with E-state index in [1.807, 2.05) is 0 Å². The van der Waals surface area contributed by atoms with Crippen LogP contribution in [0, 0.1) is 0 Å². The first-order valence-electron chi connectivity index (χ1n) is 7.04. The summed E-state index contributed by atoms with van der Waals surface area (Å²) in [5.41, 5.74) is 2.78. The summed E-state index contributed by atoms with van der Waals surface area (Å²) in [7, 11) is 0. The zero-order valence-electron chi connectivity index (χ0n) is 12.4. The topological polar surface area (TPSA) is 100 Å². The number of rotatable bonds is 4. The number of hydrogen-bond donors (Lipinski definition) is 2. The first kappa shape index (κ1) is 15.4. The normalized spacial score (nSPS) is 10.3. The Hall–Kier alpha value is -3.54. The van der Waals surface area contributed by atoms with Gasteiger partial charge in [-0.25, -0.2) is 9.59 Å². The quantitative estimate of drug-likeness (QED) is 0.765. The van der Waals surface area contributed by atoms with Gasteiger partial charge in [-0.3, -0.25) is 9.97 Å². The number of nitrogens with zero attached hydrogens (tertiary/aromatic N) is 2. The van der Waals surface area contributed by atoms with Crippen LogP contribution in [0.15, 0.2) is 60.9 Å². The molecule has 3 rings (SSSR count). The molecule has 6 nitrogen and oxygen atoms in total. The van der Waals surface area contributed by atoms with E-state index in [4.69, 9.17) is 10.2 Å². The van der Waals surface area contributed by atoms with Crippen LogP contribution < -0.4 is 0 Å². The molecule has 2 heterocycles. The van der Waals surface area contributed by atoms with Crippen LogP contribution in [0.2, 0.25) is 0 Å². The molecule has 24 heavy (non-hydrogen) atoms. The molecule has 0 saturated heterocycles. The third-order valence-electron chi connectivity index (χ3n) is 3.47. The molecule has 0 amide bonds. The maximum Gasteiger partial charge on any atom is 0.335 e. The van der Waals surface area contributed by atoms with Crippen LogP contribution in [0.4, 0.5) is 0 Å². The molecule has 3 aromatic rings. The van der Waals surface area contributed by atoms with E-state index < -0.39 is 11.9 Å². The lowest BCUT2D eigenvalue weighted by Crippen LogP contribution is -1.98. The number of aromatic nitrogens is 2. The summed E-state index contributed by atoms with van der Waals surface area (Å²) in [6.45, 7) is 0. The minimum absolute atomic E-state index is 0.149. The Morgan fingerprint density at radius 3 is 1.58 bits per heavy atom. The highest BCUT2D eigenvalue weighted by atomic mass is 16.4. The van der Waals surface area contributed by atoms with Gasteiger partial charge in [0.25, 0.3) is 0 Å². The van der Waals surface area contributed by atoms with E-state index in [2.05, 4.69) is 9.97 Å². The number of benzene rings is 1. The fourth-order valence-electron chi connectivity index (χ4n) is 2.28. The molecule has 0 aliphatic carbocycles. The van der Waals surface area contributed by atoms with Crippen LogP contribution in [0.1, 0.15) is 20.7 Å². The number of carboxylic acids is 2. The molecule has 0 aliphatic heterocycles. The summed E-state index contributed by atoms with van der Waals surface area (Å²) >= 11 is 0. The smallest absolute Gasteiger partial charge is 0.335 e. The van der Waals surface area contributed by atoms with Gasteiger partial charge in [-0.2, -0.15) is 0 Å². The third-order valence-corrected chi connectivity index (χ3v) is 3.47. The molecule has 0 saturated carbocycles.